The third-order valence-electron chi connectivity index (χ3n) is 6.98. The van der Waals surface area contributed by atoms with Crippen LogP contribution in [0.5, 0.6) is 0 Å². The summed E-state index contributed by atoms with van der Waals surface area (Å²) in [6.07, 6.45) is 4.27. The van der Waals surface area contributed by atoms with E-state index in [1.54, 1.807) is 7.11 Å². The number of aryl methyl sites for hydroxylation is 2. The summed E-state index contributed by atoms with van der Waals surface area (Å²) in [4.78, 5) is 39.5. The number of aromatic nitrogens is 2. The molecule has 0 atom stereocenters. The van der Waals surface area contributed by atoms with Crippen molar-refractivity contribution in [2.75, 3.05) is 38.2 Å². The number of nitrogens with zero attached hydrogens (tertiary/aromatic N) is 4. The number of methoxy groups -OCH3 is 1. The lowest BCUT2D eigenvalue weighted by molar-refractivity contribution is -0.132. The quantitative estimate of drug-likeness (QED) is 0.370. The van der Waals surface area contributed by atoms with Gasteiger partial charge in [0.25, 0.3) is 5.91 Å². The standard InChI is InChI=1S/C26H33ClN8O3/c1-16(38-2)3-4-17-5-7-18(8-6-17)9-10-19(36)35-13-11-26(12-14-35)15-30-25(34-26)33-24(37)20-22(28)32-23(29)21(27)31-20/h5-8H,1,3-4,9-15H2,2H3,(H4,28,29,32)(H2,30,33,34,37). The Morgan fingerprint density at radius 1 is 1.11 bits per heavy atom. The molecule has 0 aliphatic carbocycles. The summed E-state index contributed by atoms with van der Waals surface area (Å²) >= 11 is 5.87. The number of nitrogen functional groups attached to an aromatic ring is 2. The molecule has 3 heterocycles. The Bertz CT molecular complexity index is 1240. The maximum atomic E-state index is 12.9. The molecule has 2 aliphatic heterocycles. The van der Waals surface area contributed by atoms with E-state index in [1.807, 2.05) is 4.90 Å². The van der Waals surface area contributed by atoms with Gasteiger partial charge in [-0.15, -0.1) is 0 Å². The molecule has 2 aromatic rings. The fraction of sp³-hybridized carbons (Fsp3) is 0.423. The largest absolute Gasteiger partial charge is 0.502 e. The second kappa shape index (κ2) is 11.7. The first-order valence-electron chi connectivity index (χ1n) is 12.5. The number of carbonyl (C=O) groups is 2. The van der Waals surface area contributed by atoms with Crippen molar-refractivity contribution in [3.63, 3.8) is 0 Å². The van der Waals surface area contributed by atoms with Crippen molar-refractivity contribution < 1.29 is 14.3 Å². The molecule has 1 aromatic carbocycles. The highest BCUT2D eigenvalue weighted by Gasteiger charge is 2.40. The van der Waals surface area contributed by atoms with E-state index in [-0.39, 0.29) is 33.9 Å². The van der Waals surface area contributed by atoms with Gasteiger partial charge in [-0.1, -0.05) is 42.4 Å². The van der Waals surface area contributed by atoms with Crippen molar-refractivity contribution in [1.82, 2.24) is 25.5 Å². The lowest BCUT2D eigenvalue weighted by Gasteiger charge is -2.39. The highest BCUT2D eigenvalue weighted by molar-refractivity contribution is 6.31. The third kappa shape index (κ3) is 6.52. The van der Waals surface area contributed by atoms with Crippen molar-refractivity contribution in [2.24, 2.45) is 4.99 Å². The number of piperidine rings is 1. The molecule has 1 saturated heterocycles. The normalized spacial score (nSPS) is 16.1. The molecule has 0 saturated carbocycles. The number of hydrogen-bond acceptors (Lipinski definition) is 9. The van der Waals surface area contributed by atoms with Crippen LogP contribution in [0, 0.1) is 0 Å². The van der Waals surface area contributed by atoms with Gasteiger partial charge in [-0.3, -0.25) is 19.9 Å². The zero-order valence-corrected chi connectivity index (χ0v) is 22.2. The van der Waals surface area contributed by atoms with Crippen molar-refractivity contribution in [2.45, 2.75) is 44.1 Å². The minimum absolute atomic E-state index is 0.0455. The monoisotopic (exact) mass is 540 g/mol. The molecule has 1 spiro atoms. The number of ether oxygens (including phenoxy) is 1. The molecule has 4 rings (SSSR count). The van der Waals surface area contributed by atoms with E-state index in [1.165, 1.54) is 5.56 Å². The third-order valence-corrected chi connectivity index (χ3v) is 7.26. The lowest BCUT2D eigenvalue weighted by atomic mass is 9.88. The molecule has 202 valence electrons. The number of anilines is 2. The Morgan fingerprint density at radius 2 is 1.74 bits per heavy atom. The smallest absolute Gasteiger partial charge is 0.280 e. The molecule has 12 heteroatoms. The van der Waals surface area contributed by atoms with Gasteiger partial charge in [0, 0.05) is 25.9 Å². The van der Waals surface area contributed by atoms with Gasteiger partial charge in [-0.05, 0) is 36.8 Å². The average molecular weight is 541 g/mol. The number of nitrogens with one attached hydrogen (secondary N) is 2. The number of rotatable bonds is 8. The van der Waals surface area contributed by atoms with E-state index < -0.39 is 5.91 Å². The van der Waals surface area contributed by atoms with E-state index >= 15 is 0 Å². The number of benzene rings is 1. The molecular weight excluding hydrogens is 508 g/mol. The van der Waals surface area contributed by atoms with Crippen LogP contribution in [0.25, 0.3) is 0 Å². The maximum Gasteiger partial charge on any atom is 0.280 e. The van der Waals surface area contributed by atoms with Crippen molar-refractivity contribution in [3.05, 3.63) is 58.6 Å². The Kier molecular flexibility index (Phi) is 8.35. The van der Waals surface area contributed by atoms with E-state index in [0.29, 0.717) is 38.4 Å². The van der Waals surface area contributed by atoms with Crippen LogP contribution in [0.3, 0.4) is 0 Å². The summed E-state index contributed by atoms with van der Waals surface area (Å²) in [5, 5.41) is 5.89. The van der Waals surface area contributed by atoms with Crippen LogP contribution >= 0.6 is 11.6 Å². The van der Waals surface area contributed by atoms with Gasteiger partial charge in [0.15, 0.2) is 28.4 Å². The van der Waals surface area contributed by atoms with Crippen LogP contribution in [0.15, 0.2) is 41.6 Å². The molecule has 0 radical (unpaired) electrons. The number of halogens is 1. The number of carbonyl (C=O) groups excluding carboxylic acids is 2. The predicted molar refractivity (Wildman–Crippen MR) is 147 cm³/mol. The van der Waals surface area contributed by atoms with Crippen LogP contribution in [-0.2, 0) is 22.4 Å². The van der Waals surface area contributed by atoms with Gasteiger partial charge in [-0.25, -0.2) is 9.97 Å². The summed E-state index contributed by atoms with van der Waals surface area (Å²) in [5.41, 5.74) is 13.3. The Hall–Kier alpha value is -3.86. The molecule has 1 aromatic heterocycles. The number of nitrogens with two attached hydrogens (primary N) is 2. The SMILES string of the molecule is C=C(CCc1ccc(CCC(=O)N2CCC3(CC2)CN=C(NC(=O)c2nc(Cl)c(N)nc2N)N3)cc1)OC. The first-order valence-corrected chi connectivity index (χ1v) is 12.9. The lowest BCUT2D eigenvalue weighted by Crippen LogP contribution is -2.57. The van der Waals surface area contributed by atoms with Gasteiger partial charge in [-0.2, -0.15) is 0 Å². The molecule has 2 aliphatic rings. The zero-order valence-electron chi connectivity index (χ0n) is 21.4. The van der Waals surface area contributed by atoms with E-state index in [4.69, 9.17) is 27.8 Å². The maximum absolute atomic E-state index is 12.9. The van der Waals surface area contributed by atoms with Crippen molar-refractivity contribution in [3.8, 4) is 0 Å². The summed E-state index contributed by atoms with van der Waals surface area (Å²) in [7, 11) is 1.63. The molecule has 2 amide bonds. The molecule has 0 unspecified atom stereocenters. The number of aliphatic imine (C=N–C) groups is 1. The first kappa shape index (κ1) is 27.2. The van der Waals surface area contributed by atoms with Crippen molar-refractivity contribution >= 4 is 41.0 Å². The second-order valence-corrected chi connectivity index (χ2v) is 9.96. The van der Waals surface area contributed by atoms with Gasteiger partial charge in [0.2, 0.25) is 5.91 Å². The van der Waals surface area contributed by atoms with Crippen LogP contribution in [-0.4, -0.2) is 64.9 Å². The minimum atomic E-state index is -0.582. The first-order chi connectivity index (χ1) is 18.2. The topological polar surface area (TPSA) is 161 Å². The van der Waals surface area contributed by atoms with Gasteiger partial charge >= 0.3 is 0 Å². The Morgan fingerprint density at radius 3 is 2.37 bits per heavy atom. The van der Waals surface area contributed by atoms with Crippen LogP contribution in [0.2, 0.25) is 5.15 Å². The molecule has 38 heavy (non-hydrogen) atoms. The van der Waals surface area contributed by atoms with Gasteiger partial charge < -0.3 is 26.4 Å². The number of likely N-dealkylation sites (tertiary alicyclic amines) is 1. The number of guanidine groups is 1. The second-order valence-electron chi connectivity index (χ2n) is 9.60. The summed E-state index contributed by atoms with van der Waals surface area (Å²) in [6.45, 7) is 5.59. The Balaban J connectivity index is 1.21. The van der Waals surface area contributed by atoms with Gasteiger partial charge in [0.05, 0.1) is 25.0 Å². The zero-order chi connectivity index (χ0) is 27.3. The van der Waals surface area contributed by atoms with Crippen molar-refractivity contribution in [1.29, 1.82) is 0 Å². The Labute approximate surface area is 226 Å². The molecule has 0 bridgehead atoms. The summed E-state index contributed by atoms with van der Waals surface area (Å²) < 4.78 is 5.12. The number of amides is 2. The van der Waals surface area contributed by atoms with Gasteiger partial charge in [0.1, 0.15) is 0 Å². The molecular formula is C26H33ClN8O3. The minimum Gasteiger partial charge on any atom is -0.502 e. The van der Waals surface area contributed by atoms with Crippen LogP contribution < -0.4 is 22.1 Å². The van der Waals surface area contributed by atoms with E-state index in [0.717, 1.165) is 37.0 Å². The summed E-state index contributed by atoms with van der Waals surface area (Å²) in [5.74, 6) is 0.499. The fourth-order valence-corrected chi connectivity index (χ4v) is 4.67. The fourth-order valence-electron chi connectivity index (χ4n) is 4.54. The number of hydrogen-bond donors (Lipinski definition) is 4. The molecule has 1 fully saturated rings. The average Bonchev–Trinajstić information content (AvgIpc) is 3.30. The highest BCUT2D eigenvalue weighted by atomic mass is 35.5. The summed E-state index contributed by atoms with van der Waals surface area (Å²) in [6, 6.07) is 8.35. The molecule has 6 N–H and O–H groups in total. The predicted octanol–water partition coefficient (Wildman–Crippen LogP) is 2.07. The number of allylic oxidation sites excluding steroid dienone is 1. The van der Waals surface area contributed by atoms with E-state index in [2.05, 4.69) is 56.4 Å². The van der Waals surface area contributed by atoms with Crippen LogP contribution in [0.1, 0.15) is 47.3 Å². The molecule has 11 nitrogen and oxygen atoms in total. The van der Waals surface area contributed by atoms with E-state index in [9.17, 15) is 9.59 Å². The highest BCUT2D eigenvalue weighted by Crippen LogP contribution is 2.26. The van der Waals surface area contributed by atoms with Crippen LogP contribution in [0.4, 0.5) is 11.6 Å².